The summed E-state index contributed by atoms with van der Waals surface area (Å²) in [7, 11) is 0. The molecule has 0 saturated heterocycles. The lowest BCUT2D eigenvalue weighted by Gasteiger charge is -2.28. The summed E-state index contributed by atoms with van der Waals surface area (Å²) < 4.78 is 0. The van der Waals surface area contributed by atoms with Crippen LogP contribution in [0.1, 0.15) is 18.9 Å². The molecule has 18 heavy (non-hydrogen) atoms. The summed E-state index contributed by atoms with van der Waals surface area (Å²) in [4.78, 5) is 14.1. The first-order valence-corrected chi connectivity index (χ1v) is 6.41. The normalized spacial score (nSPS) is 17.2. The van der Waals surface area contributed by atoms with Gasteiger partial charge in [-0.25, -0.2) is 0 Å². The van der Waals surface area contributed by atoms with Crippen molar-refractivity contribution in [1.29, 1.82) is 0 Å². The predicted octanol–water partition coefficient (Wildman–Crippen LogP) is 1.74. The standard InChI is InChI=1S/C15H20N2O/c1-12-6-5-9-17(11-12)15(18)14(16)10-13-7-3-2-4-8-13/h2-4,6-8,14H,5,9-11,16H2,1H3/t14-/m0/s1. The molecule has 0 unspecified atom stereocenters. The highest BCUT2D eigenvalue weighted by Crippen LogP contribution is 2.11. The molecule has 1 aliphatic rings. The van der Waals surface area contributed by atoms with Gasteiger partial charge in [-0.3, -0.25) is 4.79 Å². The summed E-state index contributed by atoms with van der Waals surface area (Å²) in [5.41, 5.74) is 8.38. The topological polar surface area (TPSA) is 46.3 Å². The fourth-order valence-electron chi connectivity index (χ4n) is 2.29. The Hall–Kier alpha value is -1.61. The predicted molar refractivity (Wildman–Crippen MR) is 73.1 cm³/mol. The van der Waals surface area contributed by atoms with Crippen molar-refractivity contribution in [3.05, 3.63) is 47.5 Å². The maximum absolute atomic E-state index is 12.2. The van der Waals surface area contributed by atoms with Crippen LogP contribution in [0.4, 0.5) is 0 Å². The van der Waals surface area contributed by atoms with E-state index in [0.29, 0.717) is 6.42 Å². The van der Waals surface area contributed by atoms with Crippen molar-refractivity contribution in [3.8, 4) is 0 Å². The van der Waals surface area contributed by atoms with Crippen LogP contribution in [0.2, 0.25) is 0 Å². The number of rotatable bonds is 3. The molecule has 0 radical (unpaired) electrons. The van der Waals surface area contributed by atoms with Gasteiger partial charge in [0, 0.05) is 13.1 Å². The minimum absolute atomic E-state index is 0.0614. The largest absolute Gasteiger partial charge is 0.337 e. The fraction of sp³-hybridized carbons (Fsp3) is 0.400. The highest BCUT2D eigenvalue weighted by molar-refractivity contribution is 5.82. The number of hydrogen-bond acceptors (Lipinski definition) is 2. The van der Waals surface area contributed by atoms with E-state index in [9.17, 15) is 4.79 Å². The average Bonchev–Trinajstić information content (AvgIpc) is 2.39. The van der Waals surface area contributed by atoms with Crippen molar-refractivity contribution in [2.24, 2.45) is 5.73 Å². The third kappa shape index (κ3) is 3.20. The third-order valence-electron chi connectivity index (χ3n) is 3.26. The molecule has 1 aromatic rings. The van der Waals surface area contributed by atoms with Crippen LogP contribution in [0, 0.1) is 0 Å². The molecule has 1 aromatic carbocycles. The van der Waals surface area contributed by atoms with Gasteiger partial charge < -0.3 is 10.6 Å². The molecule has 0 fully saturated rings. The van der Waals surface area contributed by atoms with Gasteiger partial charge in [0.25, 0.3) is 0 Å². The van der Waals surface area contributed by atoms with Crippen LogP contribution in [0.3, 0.4) is 0 Å². The summed E-state index contributed by atoms with van der Waals surface area (Å²) in [6, 6.07) is 9.50. The first kappa shape index (κ1) is 12.8. The molecule has 0 spiro atoms. The highest BCUT2D eigenvalue weighted by Gasteiger charge is 2.22. The van der Waals surface area contributed by atoms with Gasteiger partial charge in [0.05, 0.1) is 6.04 Å². The van der Waals surface area contributed by atoms with Gasteiger partial charge in [-0.05, 0) is 25.3 Å². The smallest absolute Gasteiger partial charge is 0.240 e. The van der Waals surface area contributed by atoms with Crippen molar-refractivity contribution in [3.63, 3.8) is 0 Å². The summed E-state index contributed by atoms with van der Waals surface area (Å²) in [5, 5.41) is 0. The molecular formula is C15H20N2O. The zero-order chi connectivity index (χ0) is 13.0. The van der Waals surface area contributed by atoms with E-state index < -0.39 is 6.04 Å². The van der Waals surface area contributed by atoms with E-state index in [4.69, 9.17) is 5.73 Å². The number of nitrogens with zero attached hydrogens (tertiary/aromatic N) is 1. The molecule has 3 heteroatoms. The highest BCUT2D eigenvalue weighted by atomic mass is 16.2. The maximum Gasteiger partial charge on any atom is 0.240 e. The van der Waals surface area contributed by atoms with Crippen LogP contribution in [0.5, 0.6) is 0 Å². The van der Waals surface area contributed by atoms with Crippen LogP contribution < -0.4 is 5.73 Å². The zero-order valence-electron chi connectivity index (χ0n) is 10.8. The van der Waals surface area contributed by atoms with E-state index in [0.717, 1.165) is 25.1 Å². The number of carbonyl (C=O) groups excluding carboxylic acids is 1. The summed E-state index contributed by atoms with van der Waals surface area (Å²) in [6.45, 7) is 3.57. The second kappa shape index (κ2) is 5.83. The van der Waals surface area contributed by atoms with Gasteiger partial charge in [0.1, 0.15) is 0 Å². The Morgan fingerprint density at radius 1 is 1.39 bits per heavy atom. The first-order chi connectivity index (χ1) is 8.66. The van der Waals surface area contributed by atoms with E-state index in [1.165, 1.54) is 5.57 Å². The van der Waals surface area contributed by atoms with Crippen LogP contribution in [0.15, 0.2) is 42.0 Å². The Morgan fingerprint density at radius 2 is 2.11 bits per heavy atom. The van der Waals surface area contributed by atoms with Gasteiger partial charge in [0.15, 0.2) is 0 Å². The minimum atomic E-state index is -0.432. The number of carbonyl (C=O) groups is 1. The Morgan fingerprint density at radius 3 is 2.78 bits per heavy atom. The van der Waals surface area contributed by atoms with Crippen molar-refractivity contribution >= 4 is 5.91 Å². The lowest BCUT2D eigenvalue weighted by molar-refractivity contribution is -0.132. The lowest BCUT2D eigenvalue weighted by Crippen LogP contribution is -2.46. The maximum atomic E-state index is 12.2. The minimum Gasteiger partial charge on any atom is -0.337 e. The van der Waals surface area contributed by atoms with Crippen LogP contribution in [-0.4, -0.2) is 29.9 Å². The van der Waals surface area contributed by atoms with Crippen molar-refractivity contribution in [2.45, 2.75) is 25.8 Å². The van der Waals surface area contributed by atoms with E-state index in [1.807, 2.05) is 35.2 Å². The molecule has 2 rings (SSSR count). The number of benzene rings is 1. The number of amides is 1. The molecule has 1 amide bonds. The Balaban J connectivity index is 1.95. The Kier molecular flexibility index (Phi) is 4.15. The second-order valence-electron chi connectivity index (χ2n) is 4.90. The van der Waals surface area contributed by atoms with E-state index in [-0.39, 0.29) is 5.91 Å². The van der Waals surface area contributed by atoms with Gasteiger partial charge in [-0.1, -0.05) is 42.0 Å². The summed E-state index contributed by atoms with van der Waals surface area (Å²) in [6.07, 6.45) is 3.74. The van der Waals surface area contributed by atoms with Gasteiger partial charge in [-0.15, -0.1) is 0 Å². The first-order valence-electron chi connectivity index (χ1n) is 6.41. The third-order valence-corrected chi connectivity index (χ3v) is 3.26. The Labute approximate surface area is 108 Å². The van der Waals surface area contributed by atoms with E-state index in [1.54, 1.807) is 0 Å². The van der Waals surface area contributed by atoms with Gasteiger partial charge in [-0.2, -0.15) is 0 Å². The van der Waals surface area contributed by atoms with Crippen molar-refractivity contribution in [1.82, 2.24) is 4.90 Å². The van der Waals surface area contributed by atoms with Crippen LogP contribution >= 0.6 is 0 Å². The molecule has 0 aliphatic carbocycles. The molecular weight excluding hydrogens is 224 g/mol. The average molecular weight is 244 g/mol. The Bertz CT molecular complexity index is 439. The lowest BCUT2D eigenvalue weighted by atomic mass is 10.0. The number of nitrogens with two attached hydrogens (primary N) is 1. The van der Waals surface area contributed by atoms with Crippen LogP contribution in [-0.2, 0) is 11.2 Å². The molecule has 1 atom stereocenters. The molecule has 0 saturated carbocycles. The van der Waals surface area contributed by atoms with Gasteiger partial charge in [0.2, 0.25) is 5.91 Å². The van der Waals surface area contributed by atoms with Gasteiger partial charge >= 0.3 is 0 Å². The van der Waals surface area contributed by atoms with Crippen molar-refractivity contribution < 1.29 is 4.79 Å². The monoisotopic (exact) mass is 244 g/mol. The van der Waals surface area contributed by atoms with E-state index in [2.05, 4.69) is 13.0 Å². The SMILES string of the molecule is CC1=CCCN(C(=O)[C@@H](N)Cc2ccccc2)C1. The molecule has 96 valence electrons. The second-order valence-corrected chi connectivity index (χ2v) is 4.90. The van der Waals surface area contributed by atoms with Crippen LogP contribution in [0.25, 0.3) is 0 Å². The molecule has 2 N–H and O–H groups in total. The number of hydrogen-bond donors (Lipinski definition) is 1. The zero-order valence-corrected chi connectivity index (χ0v) is 10.8. The summed E-state index contributed by atoms with van der Waals surface area (Å²) >= 11 is 0. The van der Waals surface area contributed by atoms with E-state index >= 15 is 0 Å². The fourth-order valence-corrected chi connectivity index (χ4v) is 2.29. The molecule has 1 aliphatic heterocycles. The quantitative estimate of drug-likeness (QED) is 0.823. The molecule has 1 heterocycles. The molecule has 0 bridgehead atoms. The molecule has 3 nitrogen and oxygen atoms in total. The summed E-state index contributed by atoms with van der Waals surface area (Å²) in [5.74, 6) is 0.0614. The van der Waals surface area contributed by atoms with Crippen molar-refractivity contribution in [2.75, 3.05) is 13.1 Å². The molecule has 0 aromatic heterocycles.